The number of rotatable bonds is 1. The van der Waals surface area contributed by atoms with E-state index in [0.29, 0.717) is 27.2 Å². The summed E-state index contributed by atoms with van der Waals surface area (Å²) in [6, 6.07) is 4.39. The molecular weight excluding hydrogens is 462 g/mol. The summed E-state index contributed by atoms with van der Waals surface area (Å²) in [4.78, 5) is 65.1. The number of phenols is 1. The van der Waals surface area contributed by atoms with Crippen molar-refractivity contribution in [2.45, 2.75) is 25.7 Å². The summed E-state index contributed by atoms with van der Waals surface area (Å²) < 4.78 is 4.63. The smallest absolute Gasteiger partial charge is 0.423 e. The van der Waals surface area contributed by atoms with E-state index in [1.807, 2.05) is 6.08 Å². The number of carbonyl (C=O) groups excluding carboxylic acids is 5. The maximum atomic E-state index is 13.3. The average Bonchev–Trinajstić information content (AvgIpc) is 3.06. The van der Waals surface area contributed by atoms with Crippen molar-refractivity contribution in [3.8, 4) is 5.75 Å². The van der Waals surface area contributed by atoms with Gasteiger partial charge in [0.15, 0.2) is 11.6 Å². The molecule has 1 aliphatic heterocycles. The number of amides is 3. The molecule has 3 amide bonds. The van der Waals surface area contributed by atoms with Crippen LogP contribution >= 0.6 is 11.6 Å². The zero-order chi connectivity index (χ0) is 24.5. The molecule has 1 N–H and O–H groups in total. The van der Waals surface area contributed by atoms with E-state index < -0.39 is 41.6 Å². The standard InChI is InChI=1S/C25H20ClNO7/c1-10-7-18(29)16-9-15-12(5-6-14-20(15)24(32)27(23(14)31)25(33)34-2)19(21(16)22(10)30)13-4-3-11(28)8-17(13)26/h3-5,7-8,14-15,19-20,28H,6,9H2,1-2H3/t14-,15+,19+,20-/m0/s1. The predicted octanol–water partition coefficient (Wildman–Crippen LogP) is 3.24. The molecule has 174 valence electrons. The Kier molecular flexibility index (Phi) is 5.09. The van der Waals surface area contributed by atoms with E-state index in [4.69, 9.17) is 11.6 Å². The molecule has 0 unspecified atom stereocenters. The molecule has 8 nitrogen and oxygen atoms in total. The van der Waals surface area contributed by atoms with Crippen LogP contribution in [0.2, 0.25) is 5.02 Å². The summed E-state index contributed by atoms with van der Waals surface area (Å²) >= 11 is 6.48. The molecule has 0 aromatic heterocycles. The lowest BCUT2D eigenvalue weighted by atomic mass is 9.59. The molecule has 0 saturated carbocycles. The lowest BCUT2D eigenvalue weighted by Gasteiger charge is -2.42. The number of nitrogens with zero attached hydrogens (tertiary/aromatic N) is 1. The monoisotopic (exact) mass is 481 g/mol. The highest BCUT2D eigenvalue weighted by molar-refractivity contribution is 6.32. The number of ketones is 2. The van der Waals surface area contributed by atoms with Crippen LogP contribution in [0.3, 0.4) is 0 Å². The van der Waals surface area contributed by atoms with Gasteiger partial charge < -0.3 is 9.84 Å². The molecule has 1 fully saturated rings. The maximum Gasteiger partial charge on any atom is 0.423 e. The van der Waals surface area contributed by atoms with E-state index in [9.17, 15) is 29.1 Å². The maximum absolute atomic E-state index is 13.3. The Bertz CT molecular complexity index is 1300. The Morgan fingerprint density at radius 2 is 1.88 bits per heavy atom. The number of allylic oxidation sites excluding steroid dienone is 6. The zero-order valence-electron chi connectivity index (χ0n) is 18.3. The fourth-order valence-electron chi connectivity index (χ4n) is 5.74. The van der Waals surface area contributed by atoms with E-state index in [1.54, 1.807) is 13.0 Å². The van der Waals surface area contributed by atoms with Gasteiger partial charge in [-0.15, -0.1) is 0 Å². The van der Waals surface area contributed by atoms with Crippen LogP contribution in [0.5, 0.6) is 5.75 Å². The minimum Gasteiger partial charge on any atom is -0.508 e. The molecule has 4 atom stereocenters. The second-order valence-electron chi connectivity index (χ2n) is 8.92. The Labute approximate surface area is 199 Å². The predicted molar refractivity (Wildman–Crippen MR) is 119 cm³/mol. The van der Waals surface area contributed by atoms with Gasteiger partial charge in [-0.1, -0.05) is 29.3 Å². The van der Waals surface area contributed by atoms with E-state index in [2.05, 4.69) is 4.74 Å². The summed E-state index contributed by atoms with van der Waals surface area (Å²) in [5, 5.41) is 10.1. The van der Waals surface area contributed by atoms with Gasteiger partial charge in [-0.25, -0.2) is 4.79 Å². The fraction of sp³-hybridized carbons (Fsp3) is 0.320. The number of carbonyl (C=O) groups is 5. The first kappa shape index (κ1) is 22.3. The first-order valence-corrected chi connectivity index (χ1v) is 11.2. The van der Waals surface area contributed by atoms with Gasteiger partial charge in [-0.3, -0.25) is 19.2 Å². The Hall–Kier alpha value is -3.52. The highest BCUT2D eigenvalue weighted by Gasteiger charge is 2.58. The van der Waals surface area contributed by atoms with Gasteiger partial charge in [0, 0.05) is 27.7 Å². The molecule has 4 aliphatic rings. The molecule has 3 aliphatic carbocycles. The number of Topliss-reactive ketones (excluding diaryl/α,β-unsaturated/α-hetero) is 1. The number of benzene rings is 1. The quantitative estimate of drug-likeness (QED) is 0.371. The van der Waals surface area contributed by atoms with Crippen LogP contribution in [0.15, 0.2) is 52.6 Å². The Balaban J connectivity index is 1.69. The second kappa shape index (κ2) is 7.77. The van der Waals surface area contributed by atoms with Crippen molar-refractivity contribution in [3.63, 3.8) is 0 Å². The van der Waals surface area contributed by atoms with Crippen LogP contribution in [0, 0.1) is 17.8 Å². The summed E-state index contributed by atoms with van der Waals surface area (Å²) in [5.74, 6) is -4.89. The molecule has 1 aromatic rings. The third kappa shape index (κ3) is 3.01. The van der Waals surface area contributed by atoms with Gasteiger partial charge in [0.2, 0.25) is 11.8 Å². The molecule has 1 aromatic carbocycles. The summed E-state index contributed by atoms with van der Waals surface area (Å²) in [5.41, 5.74) is 2.11. The van der Waals surface area contributed by atoms with Gasteiger partial charge in [-0.05, 0) is 49.5 Å². The van der Waals surface area contributed by atoms with Gasteiger partial charge in [0.05, 0.1) is 18.9 Å². The lowest BCUT2D eigenvalue weighted by Crippen LogP contribution is -2.40. The SMILES string of the molecule is COC(=O)N1C(=O)[C@H]2[C@H](CC=C3[C@H](c4ccc(O)cc4Cl)C4=C(C[C@H]32)C(=O)C=C(C)C4=O)C1=O. The number of halogens is 1. The first-order chi connectivity index (χ1) is 16.1. The Morgan fingerprint density at radius 3 is 2.56 bits per heavy atom. The highest BCUT2D eigenvalue weighted by Crippen LogP contribution is 2.56. The summed E-state index contributed by atoms with van der Waals surface area (Å²) in [7, 11) is 1.09. The minimum atomic E-state index is -1.04. The van der Waals surface area contributed by atoms with Crippen LogP contribution in [0.25, 0.3) is 0 Å². The van der Waals surface area contributed by atoms with E-state index in [-0.39, 0.29) is 40.8 Å². The molecule has 0 radical (unpaired) electrons. The number of aromatic hydroxyl groups is 1. The van der Waals surface area contributed by atoms with Crippen molar-refractivity contribution in [1.29, 1.82) is 0 Å². The van der Waals surface area contributed by atoms with E-state index in [1.165, 1.54) is 18.2 Å². The van der Waals surface area contributed by atoms with Gasteiger partial charge in [0.1, 0.15) is 5.75 Å². The molecule has 1 heterocycles. The molecule has 34 heavy (non-hydrogen) atoms. The van der Waals surface area contributed by atoms with Crippen molar-refractivity contribution < 1.29 is 33.8 Å². The van der Waals surface area contributed by atoms with Crippen molar-refractivity contribution in [1.82, 2.24) is 4.90 Å². The first-order valence-electron chi connectivity index (χ1n) is 10.8. The number of methoxy groups -OCH3 is 1. The van der Waals surface area contributed by atoms with Crippen molar-refractivity contribution in [2.75, 3.05) is 7.11 Å². The van der Waals surface area contributed by atoms with Crippen LogP contribution in [0.1, 0.15) is 31.2 Å². The fourth-order valence-corrected chi connectivity index (χ4v) is 6.02. The van der Waals surface area contributed by atoms with Gasteiger partial charge in [0.25, 0.3) is 0 Å². The van der Waals surface area contributed by atoms with Crippen molar-refractivity contribution >= 4 is 41.1 Å². The van der Waals surface area contributed by atoms with E-state index in [0.717, 1.165) is 7.11 Å². The zero-order valence-corrected chi connectivity index (χ0v) is 19.1. The minimum absolute atomic E-state index is 0.0552. The number of ether oxygens (including phenoxy) is 1. The largest absolute Gasteiger partial charge is 0.508 e. The molecule has 0 spiro atoms. The normalized spacial score (nSPS) is 28.3. The molecule has 9 heteroatoms. The Morgan fingerprint density at radius 1 is 1.15 bits per heavy atom. The van der Waals surface area contributed by atoms with Crippen LogP contribution in [-0.2, 0) is 23.9 Å². The second-order valence-corrected chi connectivity index (χ2v) is 9.32. The molecule has 0 bridgehead atoms. The van der Waals surface area contributed by atoms with Crippen LogP contribution in [0.4, 0.5) is 4.79 Å². The number of hydrogen-bond acceptors (Lipinski definition) is 7. The average molecular weight is 482 g/mol. The van der Waals surface area contributed by atoms with Crippen LogP contribution in [-0.4, -0.2) is 46.6 Å². The molecule has 5 rings (SSSR count). The van der Waals surface area contributed by atoms with Crippen molar-refractivity contribution in [3.05, 3.63) is 63.2 Å². The number of likely N-dealkylation sites (tertiary alicyclic amines) is 1. The number of imide groups is 3. The molecular formula is C25H20ClNO7. The summed E-state index contributed by atoms with van der Waals surface area (Å²) in [6.45, 7) is 1.57. The number of fused-ring (bicyclic) bond motifs is 3. The third-order valence-electron chi connectivity index (χ3n) is 7.22. The number of phenolic OH excluding ortho intramolecular Hbond substituents is 1. The molecule has 1 saturated heterocycles. The third-order valence-corrected chi connectivity index (χ3v) is 7.54. The van der Waals surface area contributed by atoms with Crippen LogP contribution < -0.4 is 0 Å². The van der Waals surface area contributed by atoms with Gasteiger partial charge >= 0.3 is 6.09 Å². The van der Waals surface area contributed by atoms with E-state index >= 15 is 0 Å². The van der Waals surface area contributed by atoms with Crippen molar-refractivity contribution in [2.24, 2.45) is 17.8 Å². The highest BCUT2D eigenvalue weighted by atomic mass is 35.5. The van der Waals surface area contributed by atoms with Gasteiger partial charge in [-0.2, -0.15) is 4.90 Å². The lowest BCUT2D eigenvalue weighted by molar-refractivity contribution is -0.137. The topological polar surface area (TPSA) is 118 Å². The number of hydrogen-bond donors (Lipinski definition) is 1. The summed E-state index contributed by atoms with van der Waals surface area (Å²) in [6.07, 6.45) is 2.36.